The number of carbonyl (C=O) groups is 1. The molecule has 1 fully saturated rings. The zero-order valence-corrected chi connectivity index (χ0v) is 18.9. The summed E-state index contributed by atoms with van der Waals surface area (Å²) in [6, 6.07) is 12.2. The summed E-state index contributed by atoms with van der Waals surface area (Å²) in [5, 5.41) is 2.03. The lowest BCUT2D eigenvalue weighted by Gasteiger charge is -2.26. The fraction of sp³-hybridized carbons (Fsp3) is 0.348. The van der Waals surface area contributed by atoms with Gasteiger partial charge < -0.3 is 9.32 Å². The Morgan fingerprint density at radius 1 is 1.06 bits per heavy atom. The lowest BCUT2D eigenvalue weighted by molar-refractivity contribution is 0.0745. The highest BCUT2D eigenvalue weighted by Crippen LogP contribution is 2.22. The van der Waals surface area contributed by atoms with Gasteiger partial charge in [0.15, 0.2) is 0 Å². The summed E-state index contributed by atoms with van der Waals surface area (Å²) < 4.78 is 32.4. The molecule has 0 N–H and O–H groups in total. The largest absolute Gasteiger partial charge is 0.472 e. The first-order valence-corrected chi connectivity index (χ1v) is 12.8. The number of amides is 1. The van der Waals surface area contributed by atoms with Crippen LogP contribution in [0.15, 0.2) is 69.7 Å². The lowest BCUT2D eigenvalue weighted by atomic mass is 10.1. The quantitative estimate of drug-likeness (QED) is 0.502. The van der Waals surface area contributed by atoms with Crippen molar-refractivity contribution in [2.45, 2.75) is 37.1 Å². The van der Waals surface area contributed by atoms with Crippen molar-refractivity contribution in [1.29, 1.82) is 0 Å². The van der Waals surface area contributed by atoms with E-state index in [-0.39, 0.29) is 10.8 Å². The summed E-state index contributed by atoms with van der Waals surface area (Å²) >= 11 is 1.67. The fourth-order valence-corrected chi connectivity index (χ4v) is 5.98. The van der Waals surface area contributed by atoms with Crippen molar-refractivity contribution < 1.29 is 17.6 Å². The first kappa shape index (κ1) is 21.8. The number of rotatable bonds is 8. The van der Waals surface area contributed by atoms with Gasteiger partial charge in [-0.2, -0.15) is 4.31 Å². The summed E-state index contributed by atoms with van der Waals surface area (Å²) in [5.74, 6) is -0.125. The van der Waals surface area contributed by atoms with Crippen molar-refractivity contribution in [2.24, 2.45) is 0 Å². The topological polar surface area (TPSA) is 70.8 Å². The molecule has 1 saturated heterocycles. The molecule has 1 aromatic carbocycles. The van der Waals surface area contributed by atoms with E-state index in [4.69, 9.17) is 4.42 Å². The Bertz CT molecular complexity index is 1070. The van der Waals surface area contributed by atoms with E-state index in [1.165, 1.54) is 4.88 Å². The third kappa shape index (κ3) is 5.26. The van der Waals surface area contributed by atoms with E-state index in [1.807, 2.05) is 17.5 Å². The van der Waals surface area contributed by atoms with Crippen molar-refractivity contribution in [3.63, 3.8) is 0 Å². The number of thiophene rings is 1. The SMILES string of the molecule is O=C(c1ccc(S(=O)(=O)N2CCCCC2)cc1)N(CCc1cccs1)Cc1ccoc1. The molecule has 2 aromatic heterocycles. The van der Waals surface area contributed by atoms with Gasteiger partial charge in [-0.15, -0.1) is 11.3 Å². The molecule has 31 heavy (non-hydrogen) atoms. The van der Waals surface area contributed by atoms with E-state index in [1.54, 1.807) is 57.3 Å². The summed E-state index contributed by atoms with van der Waals surface area (Å²) in [6.07, 6.45) is 6.85. The normalized spacial score (nSPS) is 15.1. The predicted octanol–water partition coefficient (Wildman–Crippen LogP) is 4.40. The Hall–Kier alpha value is -2.42. The second kappa shape index (κ2) is 9.80. The summed E-state index contributed by atoms with van der Waals surface area (Å²) in [5.41, 5.74) is 1.40. The summed E-state index contributed by atoms with van der Waals surface area (Å²) in [4.78, 5) is 16.5. The number of hydrogen-bond acceptors (Lipinski definition) is 5. The molecule has 0 spiro atoms. The molecule has 0 radical (unpaired) electrons. The van der Waals surface area contributed by atoms with Gasteiger partial charge in [0.2, 0.25) is 10.0 Å². The van der Waals surface area contributed by atoms with Gasteiger partial charge in [-0.25, -0.2) is 8.42 Å². The molecular weight excluding hydrogens is 432 g/mol. The van der Waals surface area contributed by atoms with Gasteiger partial charge in [-0.05, 0) is 61.0 Å². The average molecular weight is 459 g/mol. The van der Waals surface area contributed by atoms with Gasteiger partial charge in [-0.3, -0.25) is 4.79 Å². The number of furan rings is 1. The smallest absolute Gasteiger partial charge is 0.254 e. The Morgan fingerprint density at radius 2 is 1.84 bits per heavy atom. The standard InChI is InChI=1S/C23H26N2O4S2/c26-23(24(17-19-11-15-29-18-19)14-10-21-5-4-16-30-21)20-6-8-22(9-7-20)31(27,28)25-12-2-1-3-13-25/h4-9,11,15-16,18H,1-3,10,12-14,17H2. The molecular formula is C23H26N2O4S2. The summed E-state index contributed by atoms with van der Waals surface area (Å²) in [7, 11) is -3.51. The van der Waals surface area contributed by atoms with Crippen molar-refractivity contribution in [3.05, 3.63) is 76.4 Å². The summed E-state index contributed by atoms with van der Waals surface area (Å²) in [6.45, 7) is 2.13. The van der Waals surface area contributed by atoms with Crippen molar-refractivity contribution >= 4 is 27.3 Å². The molecule has 4 rings (SSSR count). The Balaban J connectivity index is 1.50. The van der Waals surface area contributed by atoms with Crippen LogP contribution < -0.4 is 0 Å². The molecule has 1 amide bonds. The van der Waals surface area contributed by atoms with E-state index < -0.39 is 10.0 Å². The lowest BCUT2D eigenvalue weighted by Crippen LogP contribution is -2.35. The highest BCUT2D eigenvalue weighted by atomic mass is 32.2. The van der Waals surface area contributed by atoms with Crippen LogP contribution in [0.3, 0.4) is 0 Å². The van der Waals surface area contributed by atoms with E-state index in [0.717, 1.165) is 31.2 Å². The number of benzene rings is 1. The number of hydrogen-bond donors (Lipinski definition) is 0. The van der Waals surface area contributed by atoms with Gasteiger partial charge in [0.25, 0.3) is 5.91 Å². The molecule has 8 heteroatoms. The molecule has 1 aliphatic heterocycles. The maximum Gasteiger partial charge on any atom is 0.254 e. The maximum absolute atomic E-state index is 13.2. The Morgan fingerprint density at radius 3 is 2.48 bits per heavy atom. The number of carbonyl (C=O) groups excluding carboxylic acids is 1. The minimum Gasteiger partial charge on any atom is -0.472 e. The van der Waals surface area contributed by atoms with Gasteiger partial charge in [0.05, 0.1) is 17.4 Å². The molecule has 0 aliphatic carbocycles. The third-order valence-electron chi connectivity index (χ3n) is 5.50. The fourth-order valence-electron chi connectivity index (χ4n) is 3.76. The van der Waals surface area contributed by atoms with E-state index in [2.05, 4.69) is 6.07 Å². The Labute approximate surface area is 187 Å². The second-order valence-corrected chi connectivity index (χ2v) is 10.6. The van der Waals surface area contributed by atoms with Crippen LogP contribution in [-0.2, 0) is 23.0 Å². The van der Waals surface area contributed by atoms with E-state index in [9.17, 15) is 13.2 Å². The number of piperidine rings is 1. The highest BCUT2D eigenvalue weighted by molar-refractivity contribution is 7.89. The molecule has 0 bridgehead atoms. The van der Waals surface area contributed by atoms with Crippen LogP contribution in [0.1, 0.15) is 40.1 Å². The highest BCUT2D eigenvalue weighted by Gasteiger charge is 2.26. The van der Waals surface area contributed by atoms with Crippen molar-refractivity contribution in [3.8, 4) is 0 Å². The number of nitrogens with zero attached hydrogens (tertiary/aromatic N) is 2. The molecule has 3 heterocycles. The van der Waals surface area contributed by atoms with Crippen LogP contribution in [0, 0.1) is 0 Å². The van der Waals surface area contributed by atoms with Crippen LogP contribution >= 0.6 is 11.3 Å². The zero-order chi connectivity index (χ0) is 21.7. The first-order valence-electron chi connectivity index (χ1n) is 10.5. The predicted molar refractivity (Wildman–Crippen MR) is 121 cm³/mol. The number of sulfonamides is 1. The molecule has 0 atom stereocenters. The zero-order valence-electron chi connectivity index (χ0n) is 17.3. The monoisotopic (exact) mass is 458 g/mol. The van der Waals surface area contributed by atoms with Gasteiger partial charge in [0, 0.05) is 42.2 Å². The second-order valence-electron chi connectivity index (χ2n) is 7.68. The third-order valence-corrected chi connectivity index (χ3v) is 8.35. The maximum atomic E-state index is 13.2. The van der Waals surface area contributed by atoms with E-state index in [0.29, 0.717) is 31.7 Å². The van der Waals surface area contributed by atoms with Crippen LogP contribution in [-0.4, -0.2) is 43.2 Å². The van der Waals surface area contributed by atoms with Crippen LogP contribution in [0.4, 0.5) is 0 Å². The van der Waals surface area contributed by atoms with E-state index >= 15 is 0 Å². The molecule has 1 aliphatic rings. The minimum absolute atomic E-state index is 0.125. The first-order chi connectivity index (χ1) is 15.0. The molecule has 164 valence electrons. The van der Waals surface area contributed by atoms with Crippen molar-refractivity contribution in [2.75, 3.05) is 19.6 Å². The van der Waals surface area contributed by atoms with Gasteiger partial charge in [0.1, 0.15) is 0 Å². The van der Waals surface area contributed by atoms with Gasteiger partial charge in [-0.1, -0.05) is 12.5 Å². The molecule has 0 saturated carbocycles. The van der Waals surface area contributed by atoms with Crippen molar-refractivity contribution in [1.82, 2.24) is 9.21 Å². The van der Waals surface area contributed by atoms with Crippen LogP contribution in [0.2, 0.25) is 0 Å². The average Bonchev–Trinajstić information content (AvgIpc) is 3.51. The Kier molecular flexibility index (Phi) is 6.89. The molecule has 6 nitrogen and oxygen atoms in total. The van der Waals surface area contributed by atoms with Gasteiger partial charge >= 0.3 is 0 Å². The molecule has 0 unspecified atom stereocenters. The molecule has 3 aromatic rings. The van der Waals surface area contributed by atoms with Crippen LogP contribution in [0.25, 0.3) is 0 Å². The minimum atomic E-state index is -3.51. The van der Waals surface area contributed by atoms with Crippen LogP contribution in [0.5, 0.6) is 0 Å².